The molecule has 1 aromatic rings. The fraction of sp³-hybridized carbons (Fsp3) is 0.467. The number of carbonyl (C=O) groups is 2. The van der Waals surface area contributed by atoms with Crippen molar-refractivity contribution < 1.29 is 9.59 Å². The Bertz CT molecular complexity index is 478. The molecule has 0 spiro atoms. The summed E-state index contributed by atoms with van der Waals surface area (Å²) < 4.78 is 0.937. The smallest absolute Gasteiger partial charge is 0.239 e. The molecule has 0 fully saturated rings. The SMILES string of the molecule is CN(C)CCCNC(=O)CNC(=O)Cc1cccc(Br)c1. The van der Waals surface area contributed by atoms with Gasteiger partial charge in [0.25, 0.3) is 0 Å². The standard InChI is InChI=1S/C15H22BrN3O2/c1-19(2)8-4-7-17-15(21)11-18-14(20)10-12-5-3-6-13(16)9-12/h3,5-6,9H,4,7-8,10-11H2,1-2H3,(H,17,21)(H,18,20). The van der Waals surface area contributed by atoms with Crippen LogP contribution in [0.4, 0.5) is 0 Å². The third-order valence-corrected chi connectivity index (χ3v) is 3.30. The Morgan fingerprint density at radius 1 is 1.19 bits per heavy atom. The first-order valence-corrected chi connectivity index (χ1v) is 7.69. The molecular weight excluding hydrogens is 334 g/mol. The third kappa shape index (κ3) is 8.47. The van der Waals surface area contributed by atoms with Gasteiger partial charge in [0.05, 0.1) is 13.0 Å². The molecule has 6 heteroatoms. The lowest BCUT2D eigenvalue weighted by molar-refractivity contribution is -0.125. The maximum Gasteiger partial charge on any atom is 0.239 e. The van der Waals surface area contributed by atoms with Crippen molar-refractivity contribution in [1.82, 2.24) is 15.5 Å². The van der Waals surface area contributed by atoms with Crippen LogP contribution in [0.5, 0.6) is 0 Å². The maximum absolute atomic E-state index is 11.7. The van der Waals surface area contributed by atoms with E-state index in [2.05, 4.69) is 31.5 Å². The summed E-state index contributed by atoms with van der Waals surface area (Å²) in [7, 11) is 3.98. The van der Waals surface area contributed by atoms with Crippen molar-refractivity contribution in [3.8, 4) is 0 Å². The van der Waals surface area contributed by atoms with E-state index in [0.29, 0.717) is 6.54 Å². The molecule has 0 aliphatic heterocycles. The number of hydrogen-bond donors (Lipinski definition) is 2. The molecular formula is C15H22BrN3O2. The highest BCUT2D eigenvalue weighted by Crippen LogP contribution is 2.11. The monoisotopic (exact) mass is 355 g/mol. The van der Waals surface area contributed by atoms with Gasteiger partial charge in [0.15, 0.2) is 0 Å². The maximum atomic E-state index is 11.7. The molecule has 0 radical (unpaired) electrons. The lowest BCUT2D eigenvalue weighted by Gasteiger charge is -2.10. The normalized spacial score (nSPS) is 10.5. The van der Waals surface area contributed by atoms with Crippen LogP contribution in [0.2, 0.25) is 0 Å². The zero-order valence-corrected chi connectivity index (χ0v) is 14.1. The molecule has 2 N–H and O–H groups in total. The van der Waals surface area contributed by atoms with Gasteiger partial charge >= 0.3 is 0 Å². The average Bonchev–Trinajstić information content (AvgIpc) is 2.41. The van der Waals surface area contributed by atoms with Crippen molar-refractivity contribution in [1.29, 1.82) is 0 Å². The van der Waals surface area contributed by atoms with Gasteiger partial charge in [-0.2, -0.15) is 0 Å². The van der Waals surface area contributed by atoms with Crippen molar-refractivity contribution in [3.63, 3.8) is 0 Å². The van der Waals surface area contributed by atoms with Gasteiger partial charge in [-0.1, -0.05) is 28.1 Å². The number of rotatable bonds is 8. The Labute approximate surface area is 134 Å². The average molecular weight is 356 g/mol. The van der Waals surface area contributed by atoms with Crippen LogP contribution in [0.1, 0.15) is 12.0 Å². The van der Waals surface area contributed by atoms with Crippen LogP contribution in [0.15, 0.2) is 28.7 Å². The molecule has 0 saturated carbocycles. The van der Waals surface area contributed by atoms with E-state index in [-0.39, 0.29) is 24.8 Å². The fourth-order valence-corrected chi connectivity index (χ4v) is 2.21. The largest absolute Gasteiger partial charge is 0.355 e. The number of nitrogens with one attached hydrogen (secondary N) is 2. The molecule has 21 heavy (non-hydrogen) atoms. The van der Waals surface area contributed by atoms with Gasteiger partial charge in [-0.3, -0.25) is 9.59 Å². The first kappa shape index (κ1) is 17.7. The minimum absolute atomic E-state index is 0.0226. The quantitative estimate of drug-likeness (QED) is 0.688. The first-order chi connectivity index (χ1) is 9.97. The predicted molar refractivity (Wildman–Crippen MR) is 87.0 cm³/mol. The second kappa shape index (κ2) is 9.52. The van der Waals surface area contributed by atoms with E-state index in [1.165, 1.54) is 0 Å². The highest BCUT2D eigenvalue weighted by atomic mass is 79.9. The Balaban J connectivity index is 2.19. The third-order valence-electron chi connectivity index (χ3n) is 2.80. The van der Waals surface area contributed by atoms with Gasteiger partial charge in [0, 0.05) is 11.0 Å². The molecule has 0 saturated heterocycles. The van der Waals surface area contributed by atoms with Gasteiger partial charge in [-0.25, -0.2) is 0 Å². The molecule has 0 aliphatic rings. The summed E-state index contributed by atoms with van der Waals surface area (Å²) >= 11 is 3.36. The van der Waals surface area contributed by atoms with Gasteiger partial charge in [-0.05, 0) is 44.8 Å². The van der Waals surface area contributed by atoms with Crippen LogP contribution in [0, 0.1) is 0 Å². The van der Waals surface area contributed by atoms with Crippen LogP contribution in [-0.2, 0) is 16.0 Å². The van der Waals surface area contributed by atoms with E-state index in [9.17, 15) is 9.59 Å². The lowest BCUT2D eigenvalue weighted by atomic mass is 10.1. The Hall–Kier alpha value is -1.40. The van der Waals surface area contributed by atoms with Crippen LogP contribution < -0.4 is 10.6 Å². The number of nitrogens with zero attached hydrogens (tertiary/aromatic N) is 1. The van der Waals surface area contributed by atoms with Crippen molar-refractivity contribution in [3.05, 3.63) is 34.3 Å². The number of benzene rings is 1. The van der Waals surface area contributed by atoms with Crippen LogP contribution in [0.25, 0.3) is 0 Å². The molecule has 1 rings (SSSR count). The molecule has 0 bridgehead atoms. The van der Waals surface area contributed by atoms with Crippen LogP contribution in [0.3, 0.4) is 0 Å². The summed E-state index contributed by atoms with van der Waals surface area (Å²) in [5.41, 5.74) is 0.910. The predicted octanol–water partition coefficient (Wildman–Crippen LogP) is 1.18. The number of hydrogen-bond acceptors (Lipinski definition) is 3. The van der Waals surface area contributed by atoms with Crippen LogP contribution in [-0.4, -0.2) is 50.4 Å². The van der Waals surface area contributed by atoms with E-state index in [1.54, 1.807) is 0 Å². The summed E-state index contributed by atoms with van der Waals surface area (Å²) in [5, 5.41) is 5.40. The van der Waals surface area contributed by atoms with Gasteiger partial charge in [0.2, 0.25) is 11.8 Å². The molecule has 0 heterocycles. The van der Waals surface area contributed by atoms with E-state index in [1.807, 2.05) is 38.4 Å². The van der Waals surface area contributed by atoms with Gasteiger partial charge in [-0.15, -0.1) is 0 Å². The molecule has 5 nitrogen and oxygen atoms in total. The Kier molecular flexibility index (Phi) is 8.00. The fourth-order valence-electron chi connectivity index (χ4n) is 1.76. The topological polar surface area (TPSA) is 61.4 Å². The molecule has 0 unspecified atom stereocenters. The molecule has 2 amide bonds. The number of halogens is 1. The van der Waals surface area contributed by atoms with Crippen molar-refractivity contribution in [2.45, 2.75) is 12.8 Å². The van der Waals surface area contributed by atoms with Gasteiger partial charge < -0.3 is 15.5 Å². The van der Waals surface area contributed by atoms with Gasteiger partial charge in [0.1, 0.15) is 0 Å². The number of amides is 2. The van der Waals surface area contributed by atoms with E-state index < -0.39 is 0 Å². The summed E-state index contributed by atoms with van der Waals surface area (Å²) in [6, 6.07) is 7.55. The second-order valence-electron chi connectivity index (χ2n) is 5.09. The Morgan fingerprint density at radius 3 is 2.62 bits per heavy atom. The Morgan fingerprint density at radius 2 is 1.95 bits per heavy atom. The molecule has 0 aliphatic carbocycles. The minimum Gasteiger partial charge on any atom is -0.355 e. The molecule has 0 atom stereocenters. The van der Waals surface area contributed by atoms with Crippen LogP contribution >= 0.6 is 15.9 Å². The highest BCUT2D eigenvalue weighted by molar-refractivity contribution is 9.10. The molecule has 116 valence electrons. The van der Waals surface area contributed by atoms with Crippen molar-refractivity contribution in [2.75, 3.05) is 33.7 Å². The highest BCUT2D eigenvalue weighted by Gasteiger charge is 2.06. The summed E-state index contributed by atoms with van der Waals surface area (Å²) in [6.07, 6.45) is 1.16. The first-order valence-electron chi connectivity index (χ1n) is 6.90. The molecule has 1 aromatic carbocycles. The molecule has 0 aromatic heterocycles. The second-order valence-corrected chi connectivity index (χ2v) is 6.01. The zero-order chi connectivity index (χ0) is 15.7. The minimum atomic E-state index is -0.156. The van der Waals surface area contributed by atoms with E-state index in [0.717, 1.165) is 23.0 Å². The van der Waals surface area contributed by atoms with Crippen molar-refractivity contribution in [2.24, 2.45) is 0 Å². The van der Waals surface area contributed by atoms with E-state index >= 15 is 0 Å². The zero-order valence-electron chi connectivity index (χ0n) is 12.5. The summed E-state index contributed by atoms with van der Waals surface area (Å²) in [6.45, 7) is 1.57. The van der Waals surface area contributed by atoms with E-state index in [4.69, 9.17) is 0 Å². The van der Waals surface area contributed by atoms with Crippen molar-refractivity contribution >= 4 is 27.7 Å². The summed E-state index contributed by atoms with van der Waals surface area (Å²) in [5.74, 6) is -0.312. The summed E-state index contributed by atoms with van der Waals surface area (Å²) in [4.78, 5) is 25.3. The lowest BCUT2D eigenvalue weighted by Crippen LogP contribution is -2.38. The number of carbonyl (C=O) groups excluding carboxylic acids is 2.